The molecule has 29 heavy (non-hydrogen) atoms. The first kappa shape index (κ1) is 19.0. The van der Waals surface area contributed by atoms with Gasteiger partial charge in [-0.05, 0) is 23.8 Å². The molecule has 0 aliphatic heterocycles. The van der Waals surface area contributed by atoms with Gasteiger partial charge in [0.1, 0.15) is 0 Å². The Bertz CT molecular complexity index is 1150. The minimum Gasteiger partial charge on any atom is -0.449 e. The zero-order valence-corrected chi connectivity index (χ0v) is 16.2. The Balaban J connectivity index is 1.62. The highest BCUT2D eigenvalue weighted by Gasteiger charge is 2.28. The molecule has 1 N–H and O–H groups in total. The Morgan fingerprint density at radius 1 is 0.897 bits per heavy atom. The molecule has 5 heteroatoms. The van der Waals surface area contributed by atoms with Crippen LogP contribution in [0.3, 0.4) is 0 Å². The van der Waals surface area contributed by atoms with E-state index < -0.39 is 12.1 Å². The molecule has 1 heterocycles. The van der Waals surface area contributed by atoms with Crippen LogP contribution in [0.5, 0.6) is 0 Å². The summed E-state index contributed by atoms with van der Waals surface area (Å²) >= 11 is 5.90. The second-order valence-electron chi connectivity index (χ2n) is 6.70. The maximum atomic E-state index is 13.3. The van der Waals surface area contributed by atoms with Crippen molar-refractivity contribution in [3.05, 3.63) is 107 Å². The molecule has 4 aromatic rings. The fourth-order valence-corrected chi connectivity index (χ4v) is 3.39. The zero-order valence-electron chi connectivity index (χ0n) is 15.5. The number of aromatic nitrogens is 1. The van der Waals surface area contributed by atoms with Crippen molar-refractivity contribution in [1.82, 2.24) is 4.98 Å². The molecule has 3 aromatic carbocycles. The molecule has 0 radical (unpaired) electrons. The molecule has 0 spiro atoms. The molecular weight excluding hydrogens is 386 g/mol. The van der Waals surface area contributed by atoms with Crippen molar-refractivity contribution in [2.75, 3.05) is 0 Å². The molecule has 4 rings (SSSR count). The monoisotopic (exact) mass is 403 g/mol. The summed E-state index contributed by atoms with van der Waals surface area (Å²) in [6.07, 6.45) is 0.702. The number of benzene rings is 3. The van der Waals surface area contributed by atoms with Crippen LogP contribution in [0.25, 0.3) is 10.9 Å². The summed E-state index contributed by atoms with van der Waals surface area (Å²) in [5.41, 5.74) is 2.75. The lowest BCUT2D eigenvalue weighted by atomic mass is 9.99. The molecule has 144 valence electrons. The van der Waals surface area contributed by atoms with Crippen LogP contribution in [0.2, 0.25) is 5.02 Å². The highest BCUT2D eigenvalue weighted by Crippen LogP contribution is 2.27. The number of para-hydroxylation sites is 1. The highest BCUT2D eigenvalue weighted by atomic mass is 35.5. The van der Waals surface area contributed by atoms with Crippen molar-refractivity contribution >= 4 is 34.3 Å². The van der Waals surface area contributed by atoms with Gasteiger partial charge in [-0.1, -0.05) is 72.3 Å². The van der Waals surface area contributed by atoms with Crippen LogP contribution < -0.4 is 0 Å². The molecule has 0 amide bonds. The van der Waals surface area contributed by atoms with Crippen molar-refractivity contribution in [1.29, 1.82) is 0 Å². The summed E-state index contributed by atoms with van der Waals surface area (Å²) in [5.74, 6) is -0.743. The highest BCUT2D eigenvalue weighted by molar-refractivity contribution is 6.30. The molecule has 0 bridgehead atoms. The zero-order chi connectivity index (χ0) is 20.2. The van der Waals surface area contributed by atoms with Crippen LogP contribution in [0.4, 0.5) is 0 Å². The summed E-state index contributed by atoms with van der Waals surface area (Å²) in [6, 6.07) is 23.6. The molecule has 0 aliphatic rings. The molecule has 0 fully saturated rings. The summed E-state index contributed by atoms with van der Waals surface area (Å²) in [6.45, 7) is 0. The number of ketones is 1. The number of fused-ring (bicyclic) bond motifs is 1. The second-order valence-corrected chi connectivity index (χ2v) is 7.13. The van der Waals surface area contributed by atoms with Crippen molar-refractivity contribution in [2.45, 2.75) is 12.5 Å². The fourth-order valence-electron chi connectivity index (χ4n) is 3.26. The third kappa shape index (κ3) is 4.23. The molecule has 0 unspecified atom stereocenters. The number of H-pyrrole nitrogens is 1. The van der Waals surface area contributed by atoms with Gasteiger partial charge in [0.25, 0.3) is 0 Å². The number of nitrogens with one attached hydrogen (secondary N) is 1. The van der Waals surface area contributed by atoms with E-state index in [9.17, 15) is 9.59 Å². The number of hydrogen-bond donors (Lipinski definition) is 1. The van der Waals surface area contributed by atoms with E-state index in [1.54, 1.807) is 42.6 Å². The Morgan fingerprint density at radius 2 is 1.59 bits per heavy atom. The van der Waals surface area contributed by atoms with Crippen LogP contribution in [-0.2, 0) is 16.0 Å². The van der Waals surface area contributed by atoms with Crippen molar-refractivity contribution in [2.24, 2.45) is 0 Å². The number of rotatable bonds is 6. The van der Waals surface area contributed by atoms with E-state index in [0.29, 0.717) is 16.1 Å². The van der Waals surface area contributed by atoms with Crippen molar-refractivity contribution in [3.8, 4) is 0 Å². The third-order valence-electron chi connectivity index (χ3n) is 4.71. The van der Waals surface area contributed by atoms with E-state index >= 15 is 0 Å². The standard InChI is InChI=1S/C24H18ClNO3/c25-18-12-10-16(11-13-18)14-22(27)29-24(17-6-2-1-3-7-17)23(28)20-15-26-21-9-5-4-8-19(20)21/h1-13,15,24,26H,14H2/t24-/m1/s1. The molecule has 0 saturated heterocycles. The maximum Gasteiger partial charge on any atom is 0.311 e. The first-order valence-electron chi connectivity index (χ1n) is 9.21. The van der Waals surface area contributed by atoms with E-state index in [4.69, 9.17) is 16.3 Å². The van der Waals surface area contributed by atoms with Gasteiger partial charge in [0.15, 0.2) is 6.10 Å². The van der Waals surface area contributed by atoms with E-state index in [-0.39, 0.29) is 12.2 Å². The van der Waals surface area contributed by atoms with Gasteiger partial charge in [-0.3, -0.25) is 9.59 Å². The van der Waals surface area contributed by atoms with Gasteiger partial charge in [0, 0.05) is 33.2 Å². The van der Waals surface area contributed by atoms with Crippen molar-refractivity contribution in [3.63, 3.8) is 0 Å². The average molecular weight is 404 g/mol. The quantitative estimate of drug-likeness (QED) is 0.340. The molecule has 1 aromatic heterocycles. The number of carbonyl (C=O) groups excluding carboxylic acids is 2. The predicted molar refractivity (Wildman–Crippen MR) is 113 cm³/mol. The van der Waals surface area contributed by atoms with Gasteiger partial charge in [-0.15, -0.1) is 0 Å². The normalized spacial score (nSPS) is 11.9. The van der Waals surface area contributed by atoms with Gasteiger partial charge in [-0.25, -0.2) is 0 Å². The molecule has 0 aliphatic carbocycles. The molecule has 1 atom stereocenters. The number of carbonyl (C=O) groups is 2. The Hall–Kier alpha value is -3.37. The Kier molecular flexibility index (Phi) is 5.45. The number of halogens is 1. The van der Waals surface area contributed by atoms with Crippen LogP contribution in [0, 0.1) is 0 Å². The summed E-state index contributed by atoms with van der Waals surface area (Å²) in [7, 11) is 0. The Labute approximate surface area is 173 Å². The van der Waals surface area contributed by atoms with Gasteiger partial charge < -0.3 is 9.72 Å². The van der Waals surface area contributed by atoms with E-state index in [2.05, 4.69) is 4.98 Å². The molecule has 0 saturated carbocycles. The topological polar surface area (TPSA) is 59.2 Å². The maximum absolute atomic E-state index is 13.3. The van der Waals surface area contributed by atoms with Gasteiger partial charge in [0.2, 0.25) is 5.78 Å². The van der Waals surface area contributed by atoms with Gasteiger partial charge in [-0.2, -0.15) is 0 Å². The van der Waals surface area contributed by atoms with E-state index in [1.807, 2.05) is 42.5 Å². The SMILES string of the molecule is O=C(Cc1ccc(Cl)cc1)O[C@@H](C(=O)c1c[nH]c2ccccc12)c1ccccc1. The van der Waals surface area contributed by atoms with Crippen LogP contribution in [-0.4, -0.2) is 16.7 Å². The Morgan fingerprint density at radius 3 is 2.34 bits per heavy atom. The van der Waals surface area contributed by atoms with Gasteiger partial charge in [0.05, 0.1) is 6.42 Å². The average Bonchev–Trinajstić information content (AvgIpc) is 3.18. The summed E-state index contributed by atoms with van der Waals surface area (Å²) in [5, 5.41) is 1.39. The number of hydrogen-bond acceptors (Lipinski definition) is 3. The lowest BCUT2D eigenvalue weighted by molar-refractivity contribution is -0.146. The number of Topliss-reactive ketones (excluding diaryl/α,β-unsaturated/α-hetero) is 1. The van der Waals surface area contributed by atoms with E-state index in [0.717, 1.165) is 16.5 Å². The smallest absolute Gasteiger partial charge is 0.311 e. The number of esters is 1. The molecule has 4 nitrogen and oxygen atoms in total. The van der Waals surface area contributed by atoms with Crippen LogP contribution in [0.1, 0.15) is 27.6 Å². The summed E-state index contributed by atoms with van der Waals surface area (Å²) < 4.78 is 5.67. The lowest BCUT2D eigenvalue weighted by Crippen LogP contribution is -2.21. The van der Waals surface area contributed by atoms with Gasteiger partial charge >= 0.3 is 5.97 Å². The van der Waals surface area contributed by atoms with Crippen molar-refractivity contribution < 1.29 is 14.3 Å². The third-order valence-corrected chi connectivity index (χ3v) is 4.96. The lowest BCUT2D eigenvalue weighted by Gasteiger charge is -2.17. The van der Waals surface area contributed by atoms with Crippen LogP contribution in [0.15, 0.2) is 85.1 Å². The minimum absolute atomic E-state index is 0.0572. The predicted octanol–water partition coefficient (Wildman–Crippen LogP) is 5.53. The largest absolute Gasteiger partial charge is 0.449 e. The first-order valence-corrected chi connectivity index (χ1v) is 9.59. The summed E-state index contributed by atoms with van der Waals surface area (Å²) in [4.78, 5) is 29.0. The minimum atomic E-state index is -1.02. The molecular formula is C24H18ClNO3. The van der Waals surface area contributed by atoms with E-state index in [1.165, 1.54) is 0 Å². The fraction of sp³-hybridized carbons (Fsp3) is 0.0833. The first-order chi connectivity index (χ1) is 14.1. The second kappa shape index (κ2) is 8.33. The van der Waals surface area contributed by atoms with Crippen LogP contribution >= 0.6 is 11.6 Å². The number of aromatic amines is 1. The number of ether oxygens (including phenoxy) is 1.